The van der Waals surface area contributed by atoms with Crippen LogP contribution in [0.2, 0.25) is 0 Å². The number of rotatable bonds is 6. The Kier molecular flexibility index (Phi) is 8.66. The van der Waals surface area contributed by atoms with Crippen molar-refractivity contribution in [3.05, 3.63) is 59.7 Å². The van der Waals surface area contributed by atoms with E-state index in [4.69, 9.17) is 5.73 Å². The monoisotopic (exact) mass is 403 g/mol. The van der Waals surface area contributed by atoms with Crippen molar-refractivity contribution >= 4 is 35.6 Å². The molecule has 28 heavy (non-hydrogen) atoms. The second kappa shape index (κ2) is 10.2. The zero-order chi connectivity index (χ0) is 20.0. The summed E-state index contributed by atoms with van der Waals surface area (Å²) < 4.78 is 0. The largest absolute Gasteiger partial charge is 0.323 e. The second-order valence-corrected chi connectivity index (χ2v) is 7.71. The normalized spacial score (nSPS) is 11.9. The van der Waals surface area contributed by atoms with E-state index in [-0.39, 0.29) is 29.6 Å². The van der Waals surface area contributed by atoms with Crippen molar-refractivity contribution in [1.82, 2.24) is 0 Å². The zero-order valence-electron chi connectivity index (χ0n) is 16.9. The summed E-state index contributed by atoms with van der Waals surface area (Å²) in [6, 6.07) is 14.1. The van der Waals surface area contributed by atoms with E-state index in [1.165, 1.54) is 0 Å². The molecule has 0 bridgehead atoms. The third-order valence-corrected chi connectivity index (χ3v) is 4.38. The Morgan fingerprint density at radius 2 is 1.50 bits per heavy atom. The minimum Gasteiger partial charge on any atom is -0.323 e. The summed E-state index contributed by atoms with van der Waals surface area (Å²) in [5.41, 5.74) is 8.70. The number of hydrogen-bond donors (Lipinski definition) is 3. The molecule has 6 heteroatoms. The molecule has 0 aliphatic rings. The molecule has 5 nitrogen and oxygen atoms in total. The molecular weight excluding hydrogens is 374 g/mol. The zero-order valence-corrected chi connectivity index (χ0v) is 17.7. The van der Waals surface area contributed by atoms with E-state index >= 15 is 0 Å². The van der Waals surface area contributed by atoms with E-state index in [0.29, 0.717) is 23.4 Å². The summed E-state index contributed by atoms with van der Waals surface area (Å²) in [7, 11) is 0. The van der Waals surface area contributed by atoms with Gasteiger partial charge >= 0.3 is 0 Å². The van der Waals surface area contributed by atoms with Crippen molar-refractivity contribution in [3.8, 4) is 0 Å². The van der Waals surface area contributed by atoms with Gasteiger partial charge in [-0.2, -0.15) is 0 Å². The molecule has 0 aliphatic heterocycles. The molecule has 0 aliphatic carbocycles. The first-order valence-corrected chi connectivity index (χ1v) is 9.29. The third kappa shape index (κ3) is 6.36. The Morgan fingerprint density at radius 1 is 0.964 bits per heavy atom. The summed E-state index contributed by atoms with van der Waals surface area (Å²) in [6.07, 6.45) is 1.44. The number of halogens is 1. The van der Waals surface area contributed by atoms with E-state index in [0.717, 1.165) is 12.0 Å². The molecule has 0 fully saturated rings. The number of carbonyl (C=O) groups excluding carboxylic acids is 2. The number of amides is 2. The summed E-state index contributed by atoms with van der Waals surface area (Å²) in [5.74, 6) is -0.483. The van der Waals surface area contributed by atoms with Gasteiger partial charge in [-0.3, -0.25) is 9.59 Å². The third-order valence-electron chi connectivity index (χ3n) is 4.38. The fourth-order valence-corrected chi connectivity index (χ4v) is 2.68. The van der Waals surface area contributed by atoms with Gasteiger partial charge in [-0.25, -0.2) is 0 Å². The molecule has 2 amide bonds. The number of hydrogen-bond acceptors (Lipinski definition) is 3. The highest BCUT2D eigenvalue weighted by atomic mass is 35.5. The smallest absolute Gasteiger partial charge is 0.255 e. The fraction of sp³-hybridized carbons (Fsp3) is 0.364. The maximum atomic E-state index is 12.6. The van der Waals surface area contributed by atoms with Gasteiger partial charge < -0.3 is 16.4 Å². The molecule has 0 spiro atoms. The van der Waals surface area contributed by atoms with Gasteiger partial charge in [0.15, 0.2) is 0 Å². The Bertz CT molecular complexity index is 798. The van der Waals surface area contributed by atoms with Crippen molar-refractivity contribution in [2.75, 3.05) is 10.6 Å². The molecule has 0 aromatic heterocycles. The highest BCUT2D eigenvalue weighted by Crippen LogP contribution is 2.24. The van der Waals surface area contributed by atoms with E-state index < -0.39 is 6.04 Å². The van der Waals surface area contributed by atoms with E-state index in [9.17, 15) is 9.59 Å². The molecule has 0 heterocycles. The van der Waals surface area contributed by atoms with E-state index in [1.807, 2.05) is 31.2 Å². The Balaban J connectivity index is 0.00000392. The van der Waals surface area contributed by atoms with Crippen LogP contribution in [0, 0.1) is 0 Å². The number of benzene rings is 2. The van der Waals surface area contributed by atoms with Crippen LogP contribution in [-0.2, 0) is 10.2 Å². The molecule has 4 N–H and O–H groups in total. The van der Waals surface area contributed by atoms with Crippen LogP contribution in [0.5, 0.6) is 0 Å². The van der Waals surface area contributed by atoms with Crippen LogP contribution >= 0.6 is 12.4 Å². The van der Waals surface area contributed by atoms with Crippen LogP contribution in [0.3, 0.4) is 0 Å². The first-order chi connectivity index (χ1) is 12.7. The van der Waals surface area contributed by atoms with Crippen molar-refractivity contribution in [2.24, 2.45) is 5.73 Å². The molecular formula is C22H30ClN3O2. The quantitative estimate of drug-likeness (QED) is 0.652. The molecule has 0 saturated heterocycles. The van der Waals surface area contributed by atoms with Gasteiger partial charge in [0.1, 0.15) is 0 Å². The SMILES string of the molecule is CCCC(N)C(=O)Nc1ccccc1NC(=O)c1ccc(C(C)(C)C)cc1.Cl. The van der Waals surface area contributed by atoms with Crippen molar-refractivity contribution in [1.29, 1.82) is 0 Å². The molecule has 0 radical (unpaired) electrons. The first-order valence-electron chi connectivity index (χ1n) is 9.29. The highest BCUT2D eigenvalue weighted by Gasteiger charge is 2.17. The van der Waals surface area contributed by atoms with Gasteiger partial charge in [0, 0.05) is 5.56 Å². The summed E-state index contributed by atoms with van der Waals surface area (Å²) in [4.78, 5) is 24.8. The molecule has 1 atom stereocenters. The van der Waals surface area contributed by atoms with Gasteiger partial charge in [-0.1, -0.05) is 58.4 Å². The van der Waals surface area contributed by atoms with Gasteiger partial charge in [0.25, 0.3) is 5.91 Å². The average molecular weight is 404 g/mol. The number of para-hydroxylation sites is 2. The second-order valence-electron chi connectivity index (χ2n) is 7.71. The standard InChI is InChI=1S/C22H29N3O2.ClH/c1-5-8-17(23)21(27)25-19-10-7-6-9-18(19)24-20(26)15-11-13-16(14-12-15)22(2,3)4;/h6-7,9-14,17H,5,8,23H2,1-4H3,(H,24,26)(H,25,27);1H. The highest BCUT2D eigenvalue weighted by molar-refractivity contribution is 6.07. The van der Waals surface area contributed by atoms with Gasteiger partial charge in [0.05, 0.1) is 17.4 Å². The summed E-state index contributed by atoms with van der Waals surface area (Å²) >= 11 is 0. The average Bonchev–Trinajstić information content (AvgIpc) is 2.62. The maximum absolute atomic E-state index is 12.6. The van der Waals surface area contributed by atoms with Crippen LogP contribution in [0.1, 0.15) is 56.5 Å². The number of nitrogens with one attached hydrogen (secondary N) is 2. The molecule has 2 aromatic carbocycles. The molecule has 1 unspecified atom stereocenters. The van der Waals surface area contributed by atoms with E-state index in [2.05, 4.69) is 31.4 Å². The lowest BCUT2D eigenvalue weighted by Crippen LogP contribution is -2.35. The van der Waals surface area contributed by atoms with Gasteiger partial charge in [-0.05, 0) is 41.7 Å². The fourth-order valence-electron chi connectivity index (χ4n) is 2.68. The molecule has 152 valence electrons. The lowest BCUT2D eigenvalue weighted by Gasteiger charge is -2.19. The van der Waals surface area contributed by atoms with Gasteiger partial charge in [0.2, 0.25) is 5.91 Å². The van der Waals surface area contributed by atoms with Crippen molar-refractivity contribution in [2.45, 2.75) is 52.0 Å². The lowest BCUT2D eigenvalue weighted by molar-refractivity contribution is -0.117. The minimum absolute atomic E-state index is 0. The van der Waals surface area contributed by atoms with Crippen LogP contribution in [0.4, 0.5) is 11.4 Å². The van der Waals surface area contributed by atoms with Gasteiger partial charge in [-0.15, -0.1) is 12.4 Å². The summed E-state index contributed by atoms with van der Waals surface area (Å²) in [5, 5.41) is 5.67. The van der Waals surface area contributed by atoms with Crippen LogP contribution in [0.25, 0.3) is 0 Å². The predicted octanol–water partition coefficient (Wildman–Crippen LogP) is 4.72. The van der Waals surface area contributed by atoms with Crippen LogP contribution in [-0.4, -0.2) is 17.9 Å². The topological polar surface area (TPSA) is 84.2 Å². The Morgan fingerprint density at radius 3 is 2.00 bits per heavy atom. The van der Waals surface area contributed by atoms with Crippen LogP contribution < -0.4 is 16.4 Å². The predicted molar refractivity (Wildman–Crippen MR) is 118 cm³/mol. The molecule has 0 saturated carbocycles. The first kappa shape index (κ1) is 23.7. The molecule has 2 aromatic rings. The Labute approximate surface area is 173 Å². The number of nitrogens with two attached hydrogens (primary N) is 1. The van der Waals surface area contributed by atoms with E-state index in [1.54, 1.807) is 24.3 Å². The maximum Gasteiger partial charge on any atom is 0.255 e. The summed E-state index contributed by atoms with van der Waals surface area (Å²) in [6.45, 7) is 8.37. The minimum atomic E-state index is -0.566. The van der Waals surface area contributed by atoms with Crippen molar-refractivity contribution in [3.63, 3.8) is 0 Å². The van der Waals surface area contributed by atoms with Crippen LogP contribution in [0.15, 0.2) is 48.5 Å². The number of carbonyl (C=O) groups is 2. The lowest BCUT2D eigenvalue weighted by atomic mass is 9.87. The number of anilines is 2. The molecule has 2 rings (SSSR count). The van der Waals surface area contributed by atoms with Crippen molar-refractivity contribution < 1.29 is 9.59 Å². The Hall–Kier alpha value is -2.37.